The molecule has 0 atom stereocenters. The third-order valence-corrected chi connectivity index (χ3v) is 7.24. The molecule has 0 aliphatic carbocycles. The van der Waals surface area contributed by atoms with Gasteiger partial charge in [0.2, 0.25) is 0 Å². The van der Waals surface area contributed by atoms with Gasteiger partial charge in [-0.2, -0.15) is 0 Å². The van der Waals surface area contributed by atoms with Crippen molar-refractivity contribution in [2.45, 2.75) is 31.6 Å². The van der Waals surface area contributed by atoms with E-state index >= 15 is 0 Å². The SMILES string of the molecule is CSc1cc(C(C)C)c(C)cc1-c1ccc(-c2c3ccccc3cc3ccccc23)cc1. The van der Waals surface area contributed by atoms with E-state index in [0.29, 0.717) is 5.92 Å². The van der Waals surface area contributed by atoms with Crippen LogP contribution in [0.5, 0.6) is 0 Å². The van der Waals surface area contributed by atoms with E-state index in [4.69, 9.17) is 0 Å². The zero-order valence-electron chi connectivity index (χ0n) is 19.1. The van der Waals surface area contributed by atoms with Gasteiger partial charge in [0.1, 0.15) is 0 Å². The normalized spacial score (nSPS) is 11.5. The van der Waals surface area contributed by atoms with E-state index in [1.807, 2.05) is 11.8 Å². The molecular weight excluding hydrogens is 404 g/mol. The maximum Gasteiger partial charge on any atom is 0.0151 e. The van der Waals surface area contributed by atoms with Crippen molar-refractivity contribution in [3.63, 3.8) is 0 Å². The summed E-state index contributed by atoms with van der Waals surface area (Å²) >= 11 is 1.83. The Labute approximate surface area is 195 Å². The quantitative estimate of drug-likeness (QED) is 0.201. The number of thioether (sulfide) groups is 1. The van der Waals surface area contributed by atoms with Crippen molar-refractivity contribution >= 4 is 33.3 Å². The van der Waals surface area contributed by atoms with E-state index in [9.17, 15) is 0 Å². The molecule has 0 spiro atoms. The Bertz CT molecular complexity index is 1370. The van der Waals surface area contributed by atoms with Crippen LogP contribution >= 0.6 is 11.8 Å². The maximum absolute atomic E-state index is 2.38. The summed E-state index contributed by atoms with van der Waals surface area (Å²) in [5, 5.41) is 5.19. The number of rotatable bonds is 4. The van der Waals surface area contributed by atoms with Gasteiger partial charge in [0.05, 0.1) is 0 Å². The smallest absolute Gasteiger partial charge is 0.0151 e. The molecule has 0 amide bonds. The molecule has 0 N–H and O–H groups in total. The minimum atomic E-state index is 0.539. The highest BCUT2D eigenvalue weighted by molar-refractivity contribution is 7.98. The predicted molar refractivity (Wildman–Crippen MR) is 143 cm³/mol. The molecule has 0 heterocycles. The Balaban J connectivity index is 1.67. The summed E-state index contributed by atoms with van der Waals surface area (Å²) in [4.78, 5) is 1.35. The summed E-state index contributed by atoms with van der Waals surface area (Å²) in [7, 11) is 0. The number of hydrogen-bond donors (Lipinski definition) is 0. The van der Waals surface area contributed by atoms with E-state index in [-0.39, 0.29) is 0 Å². The van der Waals surface area contributed by atoms with Gasteiger partial charge in [0, 0.05) is 4.90 Å². The zero-order chi connectivity index (χ0) is 22.2. The molecule has 0 aromatic heterocycles. The zero-order valence-corrected chi connectivity index (χ0v) is 20.0. The molecule has 5 aromatic carbocycles. The van der Waals surface area contributed by atoms with Crippen molar-refractivity contribution in [2.24, 2.45) is 0 Å². The van der Waals surface area contributed by atoms with E-state index in [2.05, 4.69) is 118 Å². The Morgan fingerprint density at radius 3 is 1.78 bits per heavy atom. The molecule has 32 heavy (non-hydrogen) atoms. The van der Waals surface area contributed by atoms with Crippen LogP contribution in [-0.2, 0) is 0 Å². The van der Waals surface area contributed by atoms with Crippen LogP contribution in [0.2, 0.25) is 0 Å². The van der Waals surface area contributed by atoms with Crippen LogP contribution in [0.3, 0.4) is 0 Å². The first-order valence-corrected chi connectivity index (χ1v) is 12.5. The molecular formula is C31H28S. The summed E-state index contributed by atoms with van der Waals surface area (Å²) in [6, 6.07) is 33.6. The average Bonchev–Trinajstić information content (AvgIpc) is 2.82. The molecule has 0 nitrogen and oxygen atoms in total. The van der Waals surface area contributed by atoms with E-state index in [1.54, 1.807) is 0 Å². The lowest BCUT2D eigenvalue weighted by atomic mass is 9.90. The Kier molecular flexibility index (Phi) is 5.53. The third-order valence-electron chi connectivity index (χ3n) is 6.47. The Hall–Kier alpha value is -3.03. The second-order valence-corrected chi connectivity index (χ2v) is 9.68. The molecule has 5 rings (SSSR count). The minimum absolute atomic E-state index is 0.539. The van der Waals surface area contributed by atoms with Crippen LogP contribution in [-0.4, -0.2) is 6.26 Å². The lowest BCUT2D eigenvalue weighted by Crippen LogP contribution is -1.95. The molecule has 1 heteroatoms. The Morgan fingerprint density at radius 1 is 0.656 bits per heavy atom. The fourth-order valence-electron chi connectivity index (χ4n) is 4.86. The van der Waals surface area contributed by atoms with Crippen LogP contribution in [0, 0.1) is 6.92 Å². The Morgan fingerprint density at radius 2 is 1.22 bits per heavy atom. The number of aryl methyl sites for hydroxylation is 1. The van der Waals surface area contributed by atoms with Gasteiger partial charge in [-0.15, -0.1) is 11.8 Å². The van der Waals surface area contributed by atoms with Gasteiger partial charge in [-0.3, -0.25) is 0 Å². The van der Waals surface area contributed by atoms with Crippen LogP contribution in [0.15, 0.2) is 95.9 Å². The van der Waals surface area contributed by atoms with Crippen molar-refractivity contribution in [1.29, 1.82) is 0 Å². The minimum Gasteiger partial charge on any atom is -0.129 e. The van der Waals surface area contributed by atoms with Gasteiger partial charge in [0.25, 0.3) is 0 Å². The van der Waals surface area contributed by atoms with Crippen molar-refractivity contribution in [2.75, 3.05) is 6.26 Å². The lowest BCUT2D eigenvalue weighted by Gasteiger charge is -2.17. The summed E-state index contributed by atoms with van der Waals surface area (Å²) in [6.45, 7) is 6.78. The van der Waals surface area contributed by atoms with Crippen molar-refractivity contribution in [3.05, 3.63) is 102 Å². The summed E-state index contributed by atoms with van der Waals surface area (Å²) in [5.74, 6) is 0.539. The molecule has 0 saturated heterocycles. The molecule has 0 radical (unpaired) electrons. The molecule has 5 aromatic rings. The van der Waals surface area contributed by atoms with Crippen molar-refractivity contribution in [1.82, 2.24) is 0 Å². The largest absolute Gasteiger partial charge is 0.129 e. The third kappa shape index (κ3) is 3.61. The van der Waals surface area contributed by atoms with Gasteiger partial charge in [-0.25, -0.2) is 0 Å². The first-order valence-electron chi connectivity index (χ1n) is 11.3. The number of hydrogen-bond acceptors (Lipinski definition) is 1. The van der Waals surface area contributed by atoms with E-state index in [1.165, 1.54) is 59.8 Å². The molecule has 0 aliphatic heterocycles. The van der Waals surface area contributed by atoms with Gasteiger partial charge in [0.15, 0.2) is 0 Å². The molecule has 0 bridgehead atoms. The monoisotopic (exact) mass is 432 g/mol. The highest BCUT2D eigenvalue weighted by Crippen LogP contribution is 2.39. The van der Waals surface area contributed by atoms with Crippen LogP contribution in [0.25, 0.3) is 43.8 Å². The van der Waals surface area contributed by atoms with Gasteiger partial charge < -0.3 is 0 Å². The molecule has 0 fully saturated rings. The summed E-state index contributed by atoms with van der Waals surface area (Å²) < 4.78 is 0. The molecule has 158 valence electrons. The second kappa shape index (κ2) is 8.48. The lowest BCUT2D eigenvalue weighted by molar-refractivity contribution is 0.852. The first kappa shape index (κ1) is 20.8. The fraction of sp³-hybridized carbons (Fsp3) is 0.161. The highest BCUT2D eigenvalue weighted by atomic mass is 32.2. The maximum atomic E-state index is 2.38. The predicted octanol–water partition coefficient (Wildman–Crippen LogP) is 9.48. The molecule has 0 unspecified atom stereocenters. The highest BCUT2D eigenvalue weighted by Gasteiger charge is 2.13. The van der Waals surface area contributed by atoms with Crippen LogP contribution in [0.1, 0.15) is 30.9 Å². The van der Waals surface area contributed by atoms with Crippen molar-refractivity contribution in [3.8, 4) is 22.3 Å². The van der Waals surface area contributed by atoms with Gasteiger partial charge in [-0.05, 0) is 86.2 Å². The van der Waals surface area contributed by atoms with E-state index < -0.39 is 0 Å². The fourth-order valence-corrected chi connectivity index (χ4v) is 5.50. The van der Waals surface area contributed by atoms with Crippen LogP contribution in [0.4, 0.5) is 0 Å². The number of fused-ring (bicyclic) bond motifs is 2. The average molecular weight is 433 g/mol. The summed E-state index contributed by atoms with van der Waals surface area (Å²) in [6.07, 6.45) is 2.18. The molecule has 0 saturated carbocycles. The van der Waals surface area contributed by atoms with E-state index in [0.717, 1.165) is 0 Å². The second-order valence-electron chi connectivity index (χ2n) is 8.83. The standard InChI is InChI=1S/C31H28S/c1-20(2)28-19-30(32-4)29(17-21(28)3)22-13-15-23(16-14-22)31-26-11-7-5-9-24(26)18-25-10-6-8-12-27(25)31/h5-20H,1-4H3. The van der Waals surface area contributed by atoms with Crippen molar-refractivity contribution < 1.29 is 0 Å². The van der Waals surface area contributed by atoms with Gasteiger partial charge >= 0.3 is 0 Å². The molecule has 0 aliphatic rings. The topological polar surface area (TPSA) is 0 Å². The van der Waals surface area contributed by atoms with Gasteiger partial charge in [-0.1, -0.05) is 92.7 Å². The summed E-state index contributed by atoms with van der Waals surface area (Å²) in [5.41, 5.74) is 8.01. The van der Waals surface area contributed by atoms with Crippen LogP contribution < -0.4 is 0 Å². The first-order chi connectivity index (χ1) is 15.6. The number of benzene rings is 5.